The number of rotatable bonds is 9. The minimum atomic E-state index is -3.64. The smallest absolute Gasteiger partial charge is 0.255 e. The van der Waals surface area contributed by atoms with Gasteiger partial charge in [-0.2, -0.15) is 4.31 Å². The van der Waals surface area contributed by atoms with Crippen molar-refractivity contribution in [2.75, 3.05) is 62.3 Å². The number of benzene rings is 2. The van der Waals surface area contributed by atoms with E-state index >= 15 is 0 Å². The van der Waals surface area contributed by atoms with Crippen molar-refractivity contribution in [3.8, 4) is 0 Å². The number of nitrogens with zero attached hydrogens (tertiary/aromatic N) is 3. The number of nitrogens with one attached hydrogen (secondary N) is 1. The monoisotopic (exact) mass is 490 g/mol. The number of amides is 1. The molecule has 2 aromatic rings. The molecule has 2 aromatic carbocycles. The second kappa shape index (κ2) is 11.4. The molecule has 0 bridgehead atoms. The van der Waals surface area contributed by atoms with E-state index in [2.05, 4.69) is 22.0 Å². The van der Waals surface area contributed by atoms with Crippen molar-refractivity contribution < 1.29 is 13.2 Å². The first-order valence-electron chi connectivity index (χ1n) is 11.4. The Labute approximate surface area is 202 Å². The predicted molar refractivity (Wildman–Crippen MR) is 137 cm³/mol. The van der Waals surface area contributed by atoms with Crippen LogP contribution in [0.3, 0.4) is 0 Å². The fourth-order valence-electron chi connectivity index (χ4n) is 4.01. The Morgan fingerprint density at radius 2 is 1.64 bits per heavy atom. The molecular formula is C24H34N4O3S2. The van der Waals surface area contributed by atoms with E-state index in [1.165, 1.54) is 4.31 Å². The van der Waals surface area contributed by atoms with E-state index in [0.717, 1.165) is 43.3 Å². The van der Waals surface area contributed by atoms with Gasteiger partial charge in [0.25, 0.3) is 5.91 Å². The molecular weight excluding hydrogens is 456 g/mol. The molecule has 1 fully saturated rings. The van der Waals surface area contributed by atoms with Gasteiger partial charge in [-0.1, -0.05) is 20.8 Å². The van der Waals surface area contributed by atoms with Crippen LogP contribution in [-0.4, -0.2) is 75.6 Å². The maximum atomic E-state index is 13.1. The number of anilines is 2. The maximum absolute atomic E-state index is 13.1. The SMILES string of the molecule is CCN1CCN(c2ccc(S(=O)(=O)N(CC)CC)cc2NC(=O)c2ccc(SC)cc2)CC1. The molecule has 3 rings (SSSR count). The maximum Gasteiger partial charge on any atom is 0.255 e. The molecule has 1 saturated heterocycles. The molecule has 1 aliphatic rings. The van der Waals surface area contributed by atoms with E-state index in [1.54, 1.807) is 36.0 Å². The van der Waals surface area contributed by atoms with E-state index in [1.807, 2.05) is 38.3 Å². The van der Waals surface area contributed by atoms with Crippen LogP contribution in [0.15, 0.2) is 52.3 Å². The normalized spacial score (nSPS) is 15.1. The highest BCUT2D eigenvalue weighted by Gasteiger charge is 2.25. The summed E-state index contributed by atoms with van der Waals surface area (Å²) in [5.74, 6) is -0.256. The Kier molecular flexibility index (Phi) is 8.81. The Bertz CT molecular complexity index is 1050. The van der Waals surface area contributed by atoms with E-state index in [-0.39, 0.29) is 10.8 Å². The van der Waals surface area contributed by atoms with Crippen molar-refractivity contribution in [2.45, 2.75) is 30.6 Å². The van der Waals surface area contributed by atoms with Gasteiger partial charge in [-0.05, 0) is 55.3 Å². The van der Waals surface area contributed by atoms with Gasteiger partial charge in [0.1, 0.15) is 0 Å². The zero-order valence-corrected chi connectivity index (χ0v) is 21.5. The molecule has 0 saturated carbocycles. The molecule has 0 radical (unpaired) electrons. The van der Waals surface area contributed by atoms with Crippen LogP contribution in [-0.2, 0) is 10.0 Å². The van der Waals surface area contributed by atoms with Crippen LogP contribution in [0.25, 0.3) is 0 Å². The summed E-state index contributed by atoms with van der Waals surface area (Å²) in [5, 5.41) is 2.99. The van der Waals surface area contributed by atoms with Crippen LogP contribution in [0.5, 0.6) is 0 Å². The van der Waals surface area contributed by atoms with Crippen molar-refractivity contribution in [3.05, 3.63) is 48.0 Å². The van der Waals surface area contributed by atoms with Crippen LogP contribution >= 0.6 is 11.8 Å². The number of carbonyl (C=O) groups is 1. The molecule has 0 aromatic heterocycles. The highest BCUT2D eigenvalue weighted by Crippen LogP contribution is 2.31. The molecule has 33 heavy (non-hydrogen) atoms. The van der Waals surface area contributed by atoms with E-state index in [4.69, 9.17) is 0 Å². The predicted octanol–water partition coefficient (Wildman–Crippen LogP) is 3.83. The first-order valence-corrected chi connectivity index (χ1v) is 14.1. The fourth-order valence-corrected chi connectivity index (χ4v) is 5.90. The zero-order chi connectivity index (χ0) is 24.0. The minimum Gasteiger partial charge on any atom is -0.367 e. The Morgan fingerprint density at radius 1 is 1.00 bits per heavy atom. The van der Waals surface area contributed by atoms with Gasteiger partial charge >= 0.3 is 0 Å². The second-order valence-electron chi connectivity index (χ2n) is 7.87. The van der Waals surface area contributed by atoms with Gasteiger partial charge in [0.2, 0.25) is 10.0 Å². The van der Waals surface area contributed by atoms with Crippen LogP contribution in [0.1, 0.15) is 31.1 Å². The van der Waals surface area contributed by atoms with Crippen molar-refractivity contribution in [2.24, 2.45) is 0 Å². The quantitative estimate of drug-likeness (QED) is 0.539. The molecule has 0 aliphatic carbocycles. The first kappa shape index (κ1) is 25.6. The van der Waals surface area contributed by atoms with Gasteiger partial charge < -0.3 is 15.1 Å². The van der Waals surface area contributed by atoms with Gasteiger partial charge in [-0.15, -0.1) is 11.8 Å². The first-order chi connectivity index (χ1) is 15.8. The lowest BCUT2D eigenvalue weighted by Crippen LogP contribution is -2.46. The molecule has 1 aliphatic heterocycles. The van der Waals surface area contributed by atoms with Crippen molar-refractivity contribution in [1.82, 2.24) is 9.21 Å². The highest BCUT2D eigenvalue weighted by atomic mass is 32.2. The molecule has 0 unspecified atom stereocenters. The molecule has 9 heteroatoms. The lowest BCUT2D eigenvalue weighted by atomic mass is 10.1. The van der Waals surface area contributed by atoms with Gasteiger partial charge in [0.15, 0.2) is 0 Å². The summed E-state index contributed by atoms with van der Waals surface area (Å²) in [6.07, 6.45) is 1.99. The number of hydrogen-bond donors (Lipinski definition) is 1. The number of carbonyl (C=O) groups excluding carboxylic acids is 1. The lowest BCUT2D eigenvalue weighted by molar-refractivity contribution is 0.102. The van der Waals surface area contributed by atoms with Crippen LogP contribution < -0.4 is 10.2 Å². The number of sulfonamides is 1. The zero-order valence-electron chi connectivity index (χ0n) is 19.9. The summed E-state index contributed by atoms with van der Waals surface area (Å²) in [6, 6.07) is 12.5. The van der Waals surface area contributed by atoms with Gasteiger partial charge in [0.05, 0.1) is 16.3 Å². The Morgan fingerprint density at radius 3 is 2.18 bits per heavy atom. The summed E-state index contributed by atoms with van der Waals surface area (Å²) in [7, 11) is -3.64. The topological polar surface area (TPSA) is 73.0 Å². The number of piperazine rings is 1. The van der Waals surface area contributed by atoms with Crippen LogP contribution in [0.4, 0.5) is 11.4 Å². The second-order valence-corrected chi connectivity index (χ2v) is 10.7. The Hall–Kier alpha value is -2.07. The van der Waals surface area contributed by atoms with E-state index in [0.29, 0.717) is 24.3 Å². The molecule has 7 nitrogen and oxygen atoms in total. The average Bonchev–Trinajstić information content (AvgIpc) is 2.84. The van der Waals surface area contributed by atoms with E-state index < -0.39 is 10.0 Å². The standard InChI is InChI=1S/C24H34N4O3S2/c1-5-26-14-16-27(17-15-26)23-13-12-21(33(30,31)28(6-2)7-3)18-22(23)25-24(29)19-8-10-20(32-4)11-9-19/h8-13,18H,5-7,14-17H2,1-4H3,(H,25,29). The summed E-state index contributed by atoms with van der Waals surface area (Å²) >= 11 is 1.61. The van der Waals surface area contributed by atoms with Gasteiger partial charge in [0, 0.05) is 49.7 Å². The summed E-state index contributed by atoms with van der Waals surface area (Å²) in [4.78, 5) is 18.9. The highest BCUT2D eigenvalue weighted by molar-refractivity contribution is 7.98. The van der Waals surface area contributed by atoms with Crippen LogP contribution in [0.2, 0.25) is 0 Å². The third kappa shape index (κ3) is 5.90. The summed E-state index contributed by atoms with van der Waals surface area (Å²) < 4.78 is 27.7. The molecule has 1 N–H and O–H groups in total. The number of hydrogen-bond acceptors (Lipinski definition) is 6. The summed E-state index contributed by atoms with van der Waals surface area (Å²) in [5.41, 5.74) is 1.90. The molecule has 0 spiro atoms. The number of thioether (sulfide) groups is 1. The van der Waals surface area contributed by atoms with Crippen molar-refractivity contribution in [1.29, 1.82) is 0 Å². The van der Waals surface area contributed by atoms with Crippen molar-refractivity contribution in [3.63, 3.8) is 0 Å². The lowest BCUT2D eigenvalue weighted by Gasteiger charge is -2.36. The third-order valence-electron chi connectivity index (χ3n) is 6.07. The fraction of sp³-hybridized carbons (Fsp3) is 0.458. The molecule has 1 amide bonds. The third-order valence-corrected chi connectivity index (χ3v) is 8.86. The molecule has 1 heterocycles. The average molecular weight is 491 g/mol. The van der Waals surface area contributed by atoms with Crippen LogP contribution in [0, 0.1) is 0 Å². The van der Waals surface area contributed by atoms with Crippen molar-refractivity contribution >= 4 is 39.1 Å². The molecule has 0 atom stereocenters. The van der Waals surface area contributed by atoms with Gasteiger partial charge in [-0.25, -0.2) is 8.42 Å². The van der Waals surface area contributed by atoms with E-state index in [9.17, 15) is 13.2 Å². The minimum absolute atomic E-state index is 0.190. The largest absolute Gasteiger partial charge is 0.367 e. The summed E-state index contributed by atoms with van der Waals surface area (Å²) in [6.45, 7) is 11.1. The van der Waals surface area contributed by atoms with Gasteiger partial charge in [-0.3, -0.25) is 4.79 Å². The molecule has 180 valence electrons. The number of likely N-dealkylation sites (N-methyl/N-ethyl adjacent to an activating group) is 1. The Balaban J connectivity index is 1.96.